The van der Waals surface area contributed by atoms with Gasteiger partial charge in [-0.1, -0.05) is 29.3 Å². The molecule has 1 amide bonds. The number of nitrogens with one attached hydrogen (secondary N) is 2. The molecule has 0 aliphatic rings. The van der Waals surface area contributed by atoms with Crippen LogP contribution in [0.15, 0.2) is 18.2 Å². The van der Waals surface area contributed by atoms with Crippen LogP contribution in [0.3, 0.4) is 0 Å². The van der Waals surface area contributed by atoms with Gasteiger partial charge in [0.15, 0.2) is 0 Å². The number of carbonyl (C=O) groups is 1. The van der Waals surface area contributed by atoms with E-state index in [1.165, 1.54) is 0 Å². The minimum absolute atomic E-state index is 0.0142. The zero-order valence-electron chi connectivity index (χ0n) is 12.4. The summed E-state index contributed by atoms with van der Waals surface area (Å²) >= 11 is 11.8. The van der Waals surface area contributed by atoms with E-state index in [1.54, 1.807) is 12.1 Å². The molecule has 112 valence electrons. The zero-order valence-corrected chi connectivity index (χ0v) is 13.9. The third kappa shape index (κ3) is 6.12. The molecule has 2 N–H and O–H groups in total. The number of amides is 1. The first-order valence-electron chi connectivity index (χ1n) is 6.68. The SMILES string of the molecule is CC(NC(=O)CCNC(C)(C)C)c1ccc(Cl)c(Cl)c1. The standard InChI is InChI=1S/C15H22Cl2N2O/c1-10(11-5-6-12(16)13(17)9-11)19-14(20)7-8-18-15(2,3)4/h5-6,9-10,18H,7-8H2,1-4H3,(H,19,20). The average molecular weight is 317 g/mol. The maximum absolute atomic E-state index is 11.9. The van der Waals surface area contributed by atoms with Gasteiger partial charge >= 0.3 is 0 Å². The molecule has 0 aliphatic carbocycles. The highest BCUT2D eigenvalue weighted by Gasteiger charge is 2.13. The summed E-state index contributed by atoms with van der Waals surface area (Å²) in [6.45, 7) is 8.80. The second-order valence-electron chi connectivity index (χ2n) is 5.89. The van der Waals surface area contributed by atoms with Crippen LogP contribution in [0.2, 0.25) is 10.0 Å². The number of carbonyl (C=O) groups excluding carboxylic acids is 1. The van der Waals surface area contributed by atoms with Crippen molar-refractivity contribution in [3.63, 3.8) is 0 Å². The van der Waals surface area contributed by atoms with Gasteiger partial charge in [-0.25, -0.2) is 0 Å². The molecule has 0 heterocycles. The Morgan fingerprint density at radius 3 is 2.45 bits per heavy atom. The molecule has 0 aliphatic heterocycles. The fraction of sp³-hybridized carbons (Fsp3) is 0.533. The first-order valence-corrected chi connectivity index (χ1v) is 7.44. The molecule has 0 radical (unpaired) electrons. The summed E-state index contributed by atoms with van der Waals surface area (Å²) in [7, 11) is 0. The molecular weight excluding hydrogens is 295 g/mol. The van der Waals surface area contributed by atoms with Gasteiger partial charge < -0.3 is 10.6 Å². The Kier molecular flexibility index (Phi) is 6.31. The zero-order chi connectivity index (χ0) is 15.3. The highest BCUT2D eigenvalue weighted by Crippen LogP contribution is 2.25. The number of rotatable bonds is 5. The lowest BCUT2D eigenvalue weighted by atomic mass is 10.1. The Labute approximate surface area is 131 Å². The normalized spacial score (nSPS) is 13.1. The van der Waals surface area contributed by atoms with E-state index >= 15 is 0 Å². The highest BCUT2D eigenvalue weighted by molar-refractivity contribution is 6.42. The lowest BCUT2D eigenvalue weighted by Crippen LogP contribution is -2.38. The summed E-state index contributed by atoms with van der Waals surface area (Å²) in [6, 6.07) is 5.30. The van der Waals surface area contributed by atoms with E-state index in [0.29, 0.717) is 23.0 Å². The Bertz CT molecular complexity index is 469. The monoisotopic (exact) mass is 316 g/mol. The number of halogens is 2. The molecule has 0 bridgehead atoms. The molecule has 1 aromatic carbocycles. The minimum atomic E-state index is -0.0908. The van der Waals surface area contributed by atoms with Crippen molar-refractivity contribution in [1.29, 1.82) is 0 Å². The molecule has 1 atom stereocenters. The summed E-state index contributed by atoms with van der Waals surface area (Å²) in [5, 5.41) is 7.25. The van der Waals surface area contributed by atoms with Crippen molar-refractivity contribution in [2.75, 3.05) is 6.54 Å². The molecule has 0 spiro atoms. The average Bonchev–Trinajstić information content (AvgIpc) is 2.30. The predicted octanol–water partition coefficient (Wildman–Crippen LogP) is 3.95. The molecule has 0 fully saturated rings. The van der Waals surface area contributed by atoms with Crippen LogP contribution in [-0.4, -0.2) is 18.0 Å². The molecule has 1 aromatic rings. The fourth-order valence-electron chi connectivity index (χ4n) is 1.73. The number of hydrogen-bond acceptors (Lipinski definition) is 2. The van der Waals surface area contributed by atoms with Crippen LogP contribution in [0.25, 0.3) is 0 Å². The molecule has 3 nitrogen and oxygen atoms in total. The quantitative estimate of drug-likeness (QED) is 0.863. The fourth-order valence-corrected chi connectivity index (χ4v) is 2.04. The van der Waals surface area contributed by atoms with Crippen molar-refractivity contribution < 1.29 is 4.79 Å². The number of hydrogen-bond donors (Lipinski definition) is 2. The first-order chi connectivity index (χ1) is 9.19. The number of benzene rings is 1. The minimum Gasteiger partial charge on any atom is -0.350 e. The van der Waals surface area contributed by atoms with Crippen molar-refractivity contribution in [3.8, 4) is 0 Å². The predicted molar refractivity (Wildman–Crippen MR) is 85.4 cm³/mol. The van der Waals surface area contributed by atoms with Crippen LogP contribution in [0.1, 0.15) is 45.7 Å². The van der Waals surface area contributed by atoms with E-state index in [1.807, 2.05) is 13.0 Å². The van der Waals surface area contributed by atoms with Crippen molar-refractivity contribution >= 4 is 29.1 Å². The maximum atomic E-state index is 11.9. The van der Waals surface area contributed by atoms with Gasteiger partial charge in [-0.15, -0.1) is 0 Å². The lowest BCUT2D eigenvalue weighted by Gasteiger charge is -2.21. The lowest BCUT2D eigenvalue weighted by molar-refractivity contribution is -0.121. The Morgan fingerprint density at radius 2 is 1.90 bits per heavy atom. The van der Waals surface area contributed by atoms with Gasteiger partial charge in [-0.05, 0) is 45.4 Å². The second-order valence-corrected chi connectivity index (χ2v) is 6.70. The molecule has 0 saturated heterocycles. The van der Waals surface area contributed by atoms with E-state index in [4.69, 9.17) is 23.2 Å². The van der Waals surface area contributed by atoms with E-state index in [9.17, 15) is 4.79 Å². The maximum Gasteiger partial charge on any atom is 0.221 e. The van der Waals surface area contributed by atoms with E-state index in [0.717, 1.165) is 5.56 Å². The molecule has 1 rings (SSSR count). The van der Waals surface area contributed by atoms with E-state index < -0.39 is 0 Å². The second kappa shape index (κ2) is 7.30. The van der Waals surface area contributed by atoms with Gasteiger partial charge in [0.25, 0.3) is 0 Å². The van der Waals surface area contributed by atoms with Gasteiger partial charge in [0.2, 0.25) is 5.91 Å². The molecule has 0 saturated carbocycles. The topological polar surface area (TPSA) is 41.1 Å². The summed E-state index contributed by atoms with van der Waals surface area (Å²) in [6.07, 6.45) is 0.447. The van der Waals surface area contributed by atoms with E-state index in [-0.39, 0.29) is 17.5 Å². The first kappa shape index (κ1) is 17.3. The largest absolute Gasteiger partial charge is 0.350 e. The smallest absolute Gasteiger partial charge is 0.221 e. The van der Waals surface area contributed by atoms with Gasteiger partial charge in [0.05, 0.1) is 16.1 Å². The summed E-state index contributed by atoms with van der Waals surface area (Å²) in [5.41, 5.74) is 0.965. The van der Waals surface area contributed by atoms with Crippen LogP contribution < -0.4 is 10.6 Å². The molecule has 0 aromatic heterocycles. The summed E-state index contributed by atoms with van der Waals surface area (Å²) < 4.78 is 0. The van der Waals surface area contributed by atoms with Crippen LogP contribution in [-0.2, 0) is 4.79 Å². The van der Waals surface area contributed by atoms with Crippen LogP contribution >= 0.6 is 23.2 Å². The third-order valence-electron chi connectivity index (χ3n) is 2.83. The highest BCUT2D eigenvalue weighted by atomic mass is 35.5. The summed E-state index contributed by atoms with van der Waals surface area (Å²) in [5.74, 6) is 0.0142. The van der Waals surface area contributed by atoms with Crippen molar-refractivity contribution in [1.82, 2.24) is 10.6 Å². The van der Waals surface area contributed by atoms with Crippen molar-refractivity contribution in [2.45, 2.75) is 45.7 Å². The van der Waals surface area contributed by atoms with Gasteiger partial charge in [-0.2, -0.15) is 0 Å². The summed E-state index contributed by atoms with van der Waals surface area (Å²) in [4.78, 5) is 11.9. The molecule has 5 heteroatoms. The van der Waals surface area contributed by atoms with Crippen LogP contribution in [0.5, 0.6) is 0 Å². The van der Waals surface area contributed by atoms with Gasteiger partial charge in [0, 0.05) is 18.5 Å². The van der Waals surface area contributed by atoms with Crippen molar-refractivity contribution in [3.05, 3.63) is 33.8 Å². The third-order valence-corrected chi connectivity index (χ3v) is 3.57. The molecular formula is C15H22Cl2N2O. The Hall–Kier alpha value is -0.770. The van der Waals surface area contributed by atoms with Gasteiger partial charge in [-0.3, -0.25) is 4.79 Å². The van der Waals surface area contributed by atoms with Crippen molar-refractivity contribution in [2.24, 2.45) is 0 Å². The molecule has 1 unspecified atom stereocenters. The van der Waals surface area contributed by atoms with Gasteiger partial charge in [0.1, 0.15) is 0 Å². The Morgan fingerprint density at radius 1 is 1.25 bits per heavy atom. The van der Waals surface area contributed by atoms with Crippen LogP contribution in [0.4, 0.5) is 0 Å². The van der Waals surface area contributed by atoms with Crippen LogP contribution in [0, 0.1) is 0 Å². The van der Waals surface area contributed by atoms with E-state index in [2.05, 4.69) is 31.4 Å². The molecule has 20 heavy (non-hydrogen) atoms. The Balaban J connectivity index is 2.47.